The van der Waals surface area contributed by atoms with E-state index in [1.165, 1.54) is 18.2 Å². The molecule has 0 bridgehead atoms. The lowest BCUT2D eigenvalue weighted by atomic mass is 9.92. The Balaban J connectivity index is 1.10. The van der Waals surface area contributed by atoms with Gasteiger partial charge in [0.05, 0.1) is 17.2 Å². The lowest BCUT2D eigenvalue weighted by Crippen LogP contribution is -2.44. The van der Waals surface area contributed by atoms with Crippen molar-refractivity contribution < 1.29 is 14.0 Å². The zero-order valence-corrected chi connectivity index (χ0v) is 22.3. The number of carbonyl (C=O) groups excluding carboxylic acids is 2. The van der Waals surface area contributed by atoms with Crippen molar-refractivity contribution in [3.63, 3.8) is 0 Å². The first-order valence-corrected chi connectivity index (χ1v) is 13.3. The van der Waals surface area contributed by atoms with Crippen molar-refractivity contribution >= 4 is 45.0 Å². The number of amides is 2. The minimum absolute atomic E-state index is 0.112. The van der Waals surface area contributed by atoms with Crippen LogP contribution in [0, 0.1) is 17.1 Å². The van der Waals surface area contributed by atoms with Crippen LogP contribution < -0.4 is 16.4 Å². The average Bonchev–Trinajstić information content (AvgIpc) is 3.45. The largest absolute Gasteiger partial charge is 0.338 e. The van der Waals surface area contributed by atoms with E-state index >= 15 is 0 Å². The van der Waals surface area contributed by atoms with Gasteiger partial charge in [0.15, 0.2) is 5.84 Å². The van der Waals surface area contributed by atoms with E-state index < -0.39 is 5.82 Å². The first-order valence-electron chi connectivity index (χ1n) is 12.5. The molecule has 1 saturated carbocycles. The lowest BCUT2D eigenvalue weighted by Gasteiger charge is -2.31. The number of halogens is 2. The number of piperidine rings is 1. The highest BCUT2D eigenvalue weighted by atomic mass is 79.9. The van der Waals surface area contributed by atoms with Gasteiger partial charge >= 0.3 is 6.03 Å². The predicted molar refractivity (Wildman–Crippen MR) is 148 cm³/mol. The molecule has 0 atom stereocenters. The molecule has 1 aliphatic heterocycles. The Morgan fingerprint density at radius 1 is 1.08 bits per heavy atom. The van der Waals surface area contributed by atoms with Gasteiger partial charge in [0, 0.05) is 47.7 Å². The van der Waals surface area contributed by atoms with Gasteiger partial charge in [-0.05, 0) is 77.5 Å². The van der Waals surface area contributed by atoms with E-state index in [0.717, 1.165) is 24.0 Å². The third-order valence-corrected chi connectivity index (χ3v) is 7.67. The number of aromatic nitrogens is 2. The van der Waals surface area contributed by atoms with Crippen LogP contribution in [-0.4, -0.2) is 51.0 Å². The van der Waals surface area contributed by atoms with Crippen LogP contribution in [-0.2, 0) is 11.3 Å². The monoisotopic (exact) mass is 581 g/mol. The zero-order valence-electron chi connectivity index (χ0n) is 20.7. The van der Waals surface area contributed by atoms with Crippen LogP contribution in [0.1, 0.15) is 25.7 Å². The van der Waals surface area contributed by atoms with Gasteiger partial charge < -0.3 is 21.3 Å². The fraction of sp³-hybridized carbons (Fsp3) is 0.333. The number of likely N-dealkylation sites (tertiary alicyclic amines) is 1. The number of carbonyl (C=O) groups is 2. The summed E-state index contributed by atoms with van der Waals surface area (Å²) in [5.41, 5.74) is 9.19. The maximum atomic E-state index is 13.4. The molecule has 2 amide bonds. The number of ketones is 1. The Bertz CT molecular complexity index is 1360. The standard InChI is InChI=1S/C27H29BrFN7O2/c28-22-13-21(5-6-23(22)29)33-25(30)24(37)18-7-11-35(12-8-18)26(38)34-20-3-1-17(2-4-20)19-14-32-36(15-19)16-27(31)9-10-27/h1-6,13-15,18H,7-12,16,31H2,(H2,30,33)(H,34,38). The summed E-state index contributed by atoms with van der Waals surface area (Å²) in [5.74, 6) is -1.33. The van der Waals surface area contributed by atoms with Crippen molar-refractivity contribution in [3.8, 4) is 11.1 Å². The number of Topliss-reactive ketones (excluding diaryl/α,β-unsaturated/α-hetero) is 1. The molecule has 3 aromatic rings. The van der Waals surface area contributed by atoms with Crippen molar-refractivity contribution in [3.05, 3.63) is 65.1 Å². The van der Waals surface area contributed by atoms with Gasteiger partial charge in [-0.3, -0.25) is 14.9 Å². The molecule has 1 aromatic heterocycles. The molecule has 5 N–H and O–H groups in total. The number of anilines is 2. The molecule has 2 aliphatic rings. The van der Waals surface area contributed by atoms with Crippen molar-refractivity contribution in [2.75, 3.05) is 23.7 Å². The second-order valence-electron chi connectivity index (χ2n) is 10.1. The Kier molecular flexibility index (Phi) is 7.31. The van der Waals surface area contributed by atoms with Crippen LogP contribution in [0.2, 0.25) is 0 Å². The summed E-state index contributed by atoms with van der Waals surface area (Å²) in [6, 6.07) is 11.6. The smallest absolute Gasteiger partial charge is 0.321 e. The van der Waals surface area contributed by atoms with Crippen molar-refractivity contribution in [1.29, 1.82) is 5.41 Å². The van der Waals surface area contributed by atoms with E-state index in [1.807, 2.05) is 41.3 Å². The number of rotatable bonds is 7. The summed E-state index contributed by atoms with van der Waals surface area (Å²) in [5, 5.41) is 18.2. The molecular weight excluding hydrogens is 553 g/mol. The maximum Gasteiger partial charge on any atom is 0.321 e. The third-order valence-electron chi connectivity index (χ3n) is 7.06. The summed E-state index contributed by atoms with van der Waals surface area (Å²) < 4.78 is 15.6. The third kappa shape index (κ3) is 6.11. The van der Waals surface area contributed by atoms with E-state index in [-0.39, 0.29) is 33.6 Å². The number of urea groups is 1. The highest BCUT2D eigenvalue weighted by Crippen LogP contribution is 2.34. The van der Waals surface area contributed by atoms with Gasteiger partial charge in [-0.15, -0.1) is 0 Å². The lowest BCUT2D eigenvalue weighted by molar-refractivity contribution is -0.117. The molecule has 5 rings (SSSR count). The van der Waals surface area contributed by atoms with Crippen molar-refractivity contribution in [2.24, 2.45) is 11.7 Å². The second kappa shape index (κ2) is 10.7. The molecule has 11 heteroatoms. The van der Waals surface area contributed by atoms with Crippen LogP contribution in [0.3, 0.4) is 0 Å². The van der Waals surface area contributed by atoms with Gasteiger partial charge in [-0.1, -0.05) is 12.1 Å². The molecular formula is C27H29BrFN7O2. The van der Waals surface area contributed by atoms with E-state index in [2.05, 4.69) is 31.7 Å². The molecule has 2 fully saturated rings. The zero-order chi connectivity index (χ0) is 26.9. The molecule has 1 aliphatic carbocycles. The Labute approximate surface area is 228 Å². The maximum absolute atomic E-state index is 13.4. The van der Waals surface area contributed by atoms with Gasteiger partial charge in [0.25, 0.3) is 0 Å². The summed E-state index contributed by atoms with van der Waals surface area (Å²) in [4.78, 5) is 27.2. The van der Waals surface area contributed by atoms with E-state index in [4.69, 9.17) is 11.1 Å². The van der Waals surface area contributed by atoms with E-state index in [0.29, 0.717) is 43.9 Å². The molecule has 2 aromatic carbocycles. The first kappa shape index (κ1) is 26.1. The fourth-order valence-corrected chi connectivity index (χ4v) is 4.90. The highest BCUT2D eigenvalue weighted by Gasteiger charge is 2.38. The van der Waals surface area contributed by atoms with Gasteiger partial charge in [-0.2, -0.15) is 5.10 Å². The van der Waals surface area contributed by atoms with Crippen molar-refractivity contribution in [1.82, 2.24) is 14.7 Å². The van der Waals surface area contributed by atoms with Crippen LogP contribution >= 0.6 is 15.9 Å². The number of nitrogens with one attached hydrogen (secondary N) is 3. The second-order valence-corrected chi connectivity index (χ2v) is 10.9. The van der Waals surface area contributed by atoms with Crippen LogP contribution in [0.15, 0.2) is 59.3 Å². The molecule has 1 saturated heterocycles. The number of nitrogens with two attached hydrogens (primary N) is 1. The van der Waals surface area contributed by atoms with E-state index in [9.17, 15) is 14.0 Å². The number of benzene rings is 2. The van der Waals surface area contributed by atoms with Gasteiger partial charge in [0.1, 0.15) is 5.82 Å². The van der Waals surface area contributed by atoms with E-state index in [1.54, 1.807) is 4.90 Å². The number of nitrogens with zero attached hydrogens (tertiary/aromatic N) is 3. The molecule has 38 heavy (non-hydrogen) atoms. The molecule has 9 nitrogen and oxygen atoms in total. The van der Waals surface area contributed by atoms with Crippen LogP contribution in [0.25, 0.3) is 11.1 Å². The molecule has 0 unspecified atom stereocenters. The van der Waals surface area contributed by atoms with Gasteiger partial charge in [0.2, 0.25) is 5.78 Å². The highest BCUT2D eigenvalue weighted by molar-refractivity contribution is 9.10. The molecule has 0 spiro atoms. The summed E-state index contributed by atoms with van der Waals surface area (Å²) in [6.07, 6.45) is 6.80. The number of hydrogen-bond donors (Lipinski definition) is 4. The van der Waals surface area contributed by atoms with Crippen LogP contribution in [0.5, 0.6) is 0 Å². The SMILES string of the molecule is N=C(Nc1ccc(F)c(Br)c1)C(=O)C1CCN(C(=O)Nc2ccc(-c3cnn(CC4(N)CC4)c3)cc2)CC1. The predicted octanol–water partition coefficient (Wildman–Crippen LogP) is 4.85. The van der Waals surface area contributed by atoms with Crippen LogP contribution in [0.4, 0.5) is 20.6 Å². The average molecular weight is 582 g/mol. The Morgan fingerprint density at radius 2 is 1.76 bits per heavy atom. The minimum Gasteiger partial charge on any atom is -0.338 e. The number of hydrogen-bond acceptors (Lipinski definition) is 5. The summed E-state index contributed by atoms with van der Waals surface area (Å²) in [6.45, 7) is 1.54. The normalized spacial score (nSPS) is 16.7. The Morgan fingerprint density at radius 3 is 2.42 bits per heavy atom. The topological polar surface area (TPSA) is 129 Å². The number of amidine groups is 1. The molecule has 198 valence electrons. The van der Waals surface area contributed by atoms with Gasteiger partial charge in [-0.25, -0.2) is 9.18 Å². The quantitative estimate of drug-likeness (QED) is 0.234. The summed E-state index contributed by atoms with van der Waals surface area (Å²) >= 11 is 3.10. The molecule has 2 heterocycles. The summed E-state index contributed by atoms with van der Waals surface area (Å²) in [7, 11) is 0. The first-order chi connectivity index (χ1) is 18.2. The Hall–Kier alpha value is -3.57. The molecule has 0 radical (unpaired) electrons. The minimum atomic E-state index is -0.420. The fourth-order valence-electron chi connectivity index (χ4n) is 4.52. The van der Waals surface area contributed by atoms with Crippen molar-refractivity contribution in [2.45, 2.75) is 37.8 Å².